The highest BCUT2D eigenvalue weighted by Gasteiger charge is 2.51. The summed E-state index contributed by atoms with van der Waals surface area (Å²) < 4.78 is 11.1. The van der Waals surface area contributed by atoms with Gasteiger partial charge in [-0.05, 0) is 24.3 Å². The Kier molecular flexibility index (Phi) is 3.18. The minimum atomic E-state index is -0.586. The molecule has 2 heterocycles. The van der Waals surface area contributed by atoms with Gasteiger partial charge in [-0.25, -0.2) is 0 Å². The van der Waals surface area contributed by atoms with Gasteiger partial charge in [-0.2, -0.15) is 0 Å². The van der Waals surface area contributed by atoms with Gasteiger partial charge in [0.2, 0.25) is 6.10 Å². The predicted octanol–water partition coefficient (Wildman–Crippen LogP) is 2.24. The maximum absolute atomic E-state index is 12.1. The predicted molar refractivity (Wildman–Crippen MR) is 72.9 cm³/mol. The molecule has 4 heteroatoms. The van der Waals surface area contributed by atoms with E-state index in [0.29, 0.717) is 11.5 Å². The standard InChI is InChI=1S/C16H13NO3/c1-2-10-17-14(13-9-6-11-19-13)15(16(17)18)20-12-7-4-3-5-8-12/h1,3-9,11,14-15H,10H2/t14-,15+/m0/s1. The van der Waals surface area contributed by atoms with Crippen molar-refractivity contribution in [2.45, 2.75) is 12.1 Å². The fourth-order valence-corrected chi connectivity index (χ4v) is 2.31. The first kappa shape index (κ1) is 12.4. The highest BCUT2D eigenvalue weighted by atomic mass is 16.5. The number of hydrogen-bond acceptors (Lipinski definition) is 3. The van der Waals surface area contributed by atoms with Crippen LogP contribution in [0.3, 0.4) is 0 Å². The Hall–Kier alpha value is -2.67. The van der Waals surface area contributed by atoms with Crippen LogP contribution in [0.2, 0.25) is 0 Å². The maximum atomic E-state index is 12.1. The maximum Gasteiger partial charge on any atom is 0.267 e. The first-order valence-corrected chi connectivity index (χ1v) is 6.30. The fraction of sp³-hybridized carbons (Fsp3) is 0.188. The second kappa shape index (κ2) is 5.14. The van der Waals surface area contributed by atoms with Crippen molar-refractivity contribution in [1.82, 2.24) is 4.90 Å². The van der Waals surface area contributed by atoms with Crippen LogP contribution in [-0.2, 0) is 4.79 Å². The number of ether oxygens (including phenoxy) is 1. The number of likely N-dealkylation sites (tertiary alicyclic amines) is 1. The van der Waals surface area contributed by atoms with Crippen LogP contribution in [0.15, 0.2) is 53.1 Å². The van der Waals surface area contributed by atoms with Crippen LogP contribution < -0.4 is 4.74 Å². The molecule has 0 aliphatic carbocycles. The summed E-state index contributed by atoms with van der Waals surface area (Å²) in [5, 5.41) is 0. The molecular formula is C16H13NO3. The van der Waals surface area contributed by atoms with Gasteiger partial charge in [0.25, 0.3) is 5.91 Å². The Labute approximate surface area is 117 Å². The molecule has 0 radical (unpaired) electrons. The van der Waals surface area contributed by atoms with E-state index in [0.717, 1.165) is 0 Å². The minimum Gasteiger partial charge on any atom is -0.478 e. The monoisotopic (exact) mass is 267 g/mol. The summed E-state index contributed by atoms with van der Waals surface area (Å²) in [6.45, 7) is 0.249. The van der Waals surface area contributed by atoms with E-state index in [1.165, 1.54) is 0 Å². The summed E-state index contributed by atoms with van der Waals surface area (Å²) in [7, 11) is 0. The van der Waals surface area contributed by atoms with Gasteiger partial charge in [-0.3, -0.25) is 4.79 Å². The van der Waals surface area contributed by atoms with E-state index >= 15 is 0 Å². The number of β-lactam (4-membered cyclic amide) rings is 1. The molecule has 2 aromatic rings. The lowest BCUT2D eigenvalue weighted by atomic mass is 9.95. The molecule has 20 heavy (non-hydrogen) atoms. The third-order valence-corrected chi connectivity index (χ3v) is 3.25. The SMILES string of the molecule is C#CCN1C(=O)[C@H](Oc2ccccc2)[C@@H]1c1ccco1. The summed E-state index contributed by atoms with van der Waals surface area (Å²) in [4.78, 5) is 13.7. The number of nitrogens with zero attached hydrogens (tertiary/aromatic N) is 1. The van der Waals surface area contributed by atoms with Crippen molar-refractivity contribution in [2.24, 2.45) is 0 Å². The van der Waals surface area contributed by atoms with Crippen LogP contribution in [0.4, 0.5) is 0 Å². The van der Waals surface area contributed by atoms with Gasteiger partial charge in [-0.1, -0.05) is 24.1 Å². The van der Waals surface area contributed by atoms with Crippen LogP contribution in [0, 0.1) is 12.3 Å². The van der Waals surface area contributed by atoms with Gasteiger partial charge in [0, 0.05) is 0 Å². The van der Waals surface area contributed by atoms with E-state index in [-0.39, 0.29) is 18.5 Å². The van der Waals surface area contributed by atoms with Crippen LogP contribution in [0.1, 0.15) is 11.8 Å². The molecule has 1 aromatic heterocycles. The zero-order valence-corrected chi connectivity index (χ0v) is 10.7. The van der Waals surface area contributed by atoms with Crippen molar-refractivity contribution < 1.29 is 13.9 Å². The number of hydrogen-bond donors (Lipinski definition) is 0. The molecule has 0 bridgehead atoms. The number of benzene rings is 1. The Bertz CT molecular complexity index is 627. The quantitative estimate of drug-likeness (QED) is 0.630. The Morgan fingerprint density at radius 2 is 2.05 bits per heavy atom. The van der Waals surface area contributed by atoms with E-state index in [4.69, 9.17) is 15.6 Å². The lowest BCUT2D eigenvalue weighted by Crippen LogP contribution is -2.61. The molecule has 1 saturated heterocycles. The molecule has 3 rings (SSSR count). The summed E-state index contributed by atoms with van der Waals surface area (Å²) in [6.07, 6.45) is 6.29. The van der Waals surface area contributed by atoms with Crippen molar-refractivity contribution >= 4 is 5.91 Å². The van der Waals surface area contributed by atoms with E-state index < -0.39 is 6.10 Å². The molecule has 100 valence electrons. The van der Waals surface area contributed by atoms with Gasteiger partial charge in [-0.15, -0.1) is 6.42 Å². The molecule has 0 unspecified atom stereocenters. The van der Waals surface area contributed by atoms with E-state index in [1.54, 1.807) is 17.2 Å². The van der Waals surface area contributed by atoms with Gasteiger partial charge in [0.05, 0.1) is 12.8 Å². The average Bonchev–Trinajstić information content (AvgIpc) is 3.00. The average molecular weight is 267 g/mol. The number of carbonyl (C=O) groups excluding carboxylic acids is 1. The molecule has 0 saturated carbocycles. The molecule has 1 amide bonds. The fourth-order valence-electron chi connectivity index (χ4n) is 2.31. The lowest BCUT2D eigenvalue weighted by molar-refractivity contribution is -0.164. The molecule has 1 fully saturated rings. The zero-order valence-electron chi connectivity index (χ0n) is 10.7. The number of para-hydroxylation sites is 1. The third kappa shape index (κ3) is 2.04. The molecule has 0 N–H and O–H groups in total. The van der Waals surface area contributed by atoms with Crippen molar-refractivity contribution in [3.8, 4) is 18.1 Å². The smallest absolute Gasteiger partial charge is 0.267 e. The van der Waals surface area contributed by atoms with Crippen LogP contribution in [-0.4, -0.2) is 23.5 Å². The van der Waals surface area contributed by atoms with Gasteiger partial charge in [0.15, 0.2) is 0 Å². The van der Waals surface area contributed by atoms with E-state index in [1.807, 2.05) is 36.4 Å². The topological polar surface area (TPSA) is 42.7 Å². The van der Waals surface area contributed by atoms with Crippen molar-refractivity contribution in [1.29, 1.82) is 0 Å². The van der Waals surface area contributed by atoms with Crippen molar-refractivity contribution in [3.63, 3.8) is 0 Å². The molecule has 1 aliphatic heterocycles. The van der Waals surface area contributed by atoms with E-state index in [2.05, 4.69) is 5.92 Å². The third-order valence-electron chi connectivity index (χ3n) is 3.25. The summed E-state index contributed by atoms with van der Waals surface area (Å²) >= 11 is 0. The molecule has 2 atom stereocenters. The Balaban J connectivity index is 1.83. The molecule has 0 spiro atoms. The minimum absolute atomic E-state index is 0.117. The summed E-state index contributed by atoms with van der Waals surface area (Å²) in [5.74, 6) is 3.70. The summed E-state index contributed by atoms with van der Waals surface area (Å²) in [6, 6.07) is 12.6. The Morgan fingerprint density at radius 3 is 2.70 bits per heavy atom. The van der Waals surface area contributed by atoms with Crippen LogP contribution >= 0.6 is 0 Å². The van der Waals surface area contributed by atoms with Gasteiger partial charge in [0.1, 0.15) is 17.6 Å². The molecular weight excluding hydrogens is 254 g/mol. The normalized spacial score (nSPS) is 21.1. The first-order chi connectivity index (χ1) is 9.81. The van der Waals surface area contributed by atoms with Crippen molar-refractivity contribution in [2.75, 3.05) is 6.54 Å². The first-order valence-electron chi connectivity index (χ1n) is 6.30. The Morgan fingerprint density at radius 1 is 1.25 bits per heavy atom. The zero-order chi connectivity index (χ0) is 13.9. The molecule has 4 nitrogen and oxygen atoms in total. The van der Waals surface area contributed by atoms with E-state index in [9.17, 15) is 4.79 Å². The number of rotatable bonds is 4. The highest BCUT2D eigenvalue weighted by molar-refractivity contribution is 5.89. The second-order valence-electron chi connectivity index (χ2n) is 4.48. The number of terminal acetylenes is 1. The number of furan rings is 1. The van der Waals surface area contributed by atoms with Crippen molar-refractivity contribution in [3.05, 3.63) is 54.5 Å². The van der Waals surface area contributed by atoms with Crippen LogP contribution in [0.25, 0.3) is 0 Å². The lowest BCUT2D eigenvalue weighted by Gasteiger charge is -2.44. The summed E-state index contributed by atoms with van der Waals surface area (Å²) in [5.41, 5.74) is 0. The number of amides is 1. The highest BCUT2D eigenvalue weighted by Crippen LogP contribution is 2.37. The molecule has 1 aliphatic rings. The van der Waals surface area contributed by atoms with Crippen LogP contribution in [0.5, 0.6) is 5.75 Å². The van der Waals surface area contributed by atoms with Gasteiger partial charge < -0.3 is 14.1 Å². The molecule has 1 aromatic carbocycles. The second-order valence-corrected chi connectivity index (χ2v) is 4.48. The van der Waals surface area contributed by atoms with Gasteiger partial charge >= 0.3 is 0 Å². The largest absolute Gasteiger partial charge is 0.478 e. The number of carbonyl (C=O) groups is 1.